The molecule has 0 saturated carbocycles. The summed E-state index contributed by atoms with van der Waals surface area (Å²) in [5, 5.41) is 13.5. The number of nitrogens with zero attached hydrogens (tertiary/aromatic N) is 1. The first kappa shape index (κ1) is 8.21. The molecule has 1 fully saturated rings. The largest absolute Gasteiger partial charge is 0.337 e. The fourth-order valence-corrected chi connectivity index (χ4v) is 0.604. The van der Waals surface area contributed by atoms with Crippen LogP contribution in [0.2, 0.25) is 0 Å². The summed E-state index contributed by atoms with van der Waals surface area (Å²) in [7, 11) is 0. The van der Waals surface area contributed by atoms with Crippen molar-refractivity contribution in [2.45, 2.75) is 0 Å². The van der Waals surface area contributed by atoms with Crippen molar-refractivity contribution in [3.05, 3.63) is 0 Å². The van der Waals surface area contributed by atoms with Crippen LogP contribution in [0.25, 0.3) is 0 Å². The lowest BCUT2D eigenvalue weighted by Crippen LogP contribution is -2.39. The Balaban J connectivity index is 0.000000187. The van der Waals surface area contributed by atoms with E-state index in [9.17, 15) is 0 Å². The Labute approximate surface area is 55.0 Å². The molecule has 0 aromatic rings. The van der Waals surface area contributed by atoms with Gasteiger partial charge < -0.3 is 16.4 Å². The summed E-state index contributed by atoms with van der Waals surface area (Å²) in [5.41, 5.74) is 4.15. The molecule has 4 nitrogen and oxygen atoms in total. The monoisotopic (exact) mass is 128 g/mol. The van der Waals surface area contributed by atoms with E-state index in [1.807, 2.05) is 0 Å². The van der Waals surface area contributed by atoms with Crippen LogP contribution >= 0.6 is 0 Å². The molecule has 0 aromatic heterocycles. The van der Waals surface area contributed by atoms with Gasteiger partial charge in [-0.3, -0.25) is 0 Å². The number of piperazine rings is 1. The third kappa shape index (κ3) is 7.21. The van der Waals surface area contributed by atoms with Crippen LogP contribution in [-0.4, -0.2) is 26.2 Å². The minimum Gasteiger partial charge on any atom is -0.337 e. The Bertz CT molecular complexity index is 69.9. The molecule has 0 aliphatic carbocycles. The molecule has 52 valence electrons. The van der Waals surface area contributed by atoms with Gasteiger partial charge in [-0.2, -0.15) is 5.26 Å². The van der Waals surface area contributed by atoms with E-state index in [0.29, 0.717) is 0 Å². The quantitative estimate of drug-likeness (QED) is 0.277. The van der Waals surface area contributed by atoms with Crippen LogP contribution in [0.1, 0.15) is 0 Å². The van der Waals surface area contributed by atoms with Gasteiger partial charge in [0.05, 0.1) is 0 Å². The van der Waals surface area contributed by atoms with E-state index in [1.165, 1.54) is 6.19 Å². The van der Waals surface area contributed by atoms with Gasteiger partial charge in [0, 0.05) is 26.2 Å². The number of nitrogens with one attached hydrogen (secondary N) is 2. The molecule has 0 unspecified atom stereocenters. The topological polar surface area (TPSA) is 73.9 Å². The predicted molar refractivity (Wildman–Crippen MR) is 35.5 cm³/mol. The Kier molecular flexibility index (Phi) is 6.58. The molecule has 1 rings (SSSR count). The fraction of sp³-hybridized carbons (Fsp3) is 0.800. The highest BCUT2D eigenvalue weighted by Crippen LogP contribution is 1.65. The molecule has 1 aliphatic rings. The molecule has 4 N–H and O–H groups in total. The highest BCUT2D eigenvalue weighted by atomic mass is 15.0. The molecular formula is C5H12N4. The first-order chi connectivity index (χ1) is 4.41. The molecule has 0 spiro atoms. The van der Waals surface area contributed by atoms with Crippen LogP contribution in [0, 0.1) is 11.5 Å². The van der Waals surface area contributed by atoms with Crippen molar-refractivity contribution in [2.75, 3.05) is 26.2 Å². The molecule has 0 aromatic carbocycles. The molecule has 1 heterocycles. The first-order valence-corrected chi connectivity index (χ1v) is 2.93. The van der Waals surface area contributed by atoms with Crippen LogP contribution < -0.4 is 16.4 Å². The first-order valence-electron chi connectivity index (χ1n) is 2.93. The lowest BCUT2D eigenvalue weighted by Gasteiger charge is -2.11. The van der Waals surface area contributed by atoms with E-state index in [4.69, 9.17) is 5.26 Å². The summed E-state index contributed by atoms with van der Waals surface area (Å²) in [6, 6.07) is 0. The molecule has 1 aliphatic heterocycles. The van der Waals surface area contributed by atoms with Crippen molar-refractivity contribution in [1.29, 1.82) is 5.26 Å². The maximum atomic E-state index is 7.10. The third-order valence-corrected chi connectivity index (χ3v) is 0.957. The zero-order valence-electron chi connectivity index (χ0n) is 5.35. The number of hydrogen-bond donors (Lipinski definition) is 3. The van der Waals surface area contributed by atoms with Crippen molar-refractivity contribution >= 4 is 0 Å². The number of nitrogens with two attached hydrogens (primary N) is 1. The summed E-state index contributed by atoms with van der Waals surface area (Å²) in [6.45, 7) is 4.56. The Hall–Kier alpha value is -0.790. The van der Waals surface area contributed by atoms with Crippen LogP contribution in [0.5, 0.6) is 0 Å². The lowest BCUT2D eigenvalue weighted by atomic mass is 10.4. The molecule has 0 amide bonds. The normalized spacial score (nSPS) is 16.8. The zero-order valence-corrected chi connectivity index (χ0v) is 5.35. The van der Waals surface area contributed by atoms with Gasteiger partial charge in [-0.05, 0) is 0 Å². The van der Waals surface area contributed by atoms with Gasteiger partial charge >= 0.3 is 0 Å². The summed E-state index contributed by atoms with van der Waals surface area (Å²) in [5.74, 6) is 0. The second kappa shape index (κ2) is 7.21. The van der Waals surface area contributed by atoms with Gasteiger partial charge in [0.1, 0.15) is 0 Å². The van der Waals surface area contributed by atoms with Crippen molar-refractivity contribution in [2.24, 2.45) is 5.73 Å². The summed E-state index contributed by atoms with van der Waals surface area (Å²) in [6.07, 6.45) is 1.25. The predicted octanol–water partition coefficient (Wildman–Crippen LogP) is -1.39. The van der Waals surface area contributed by atoms with Crippen LogP contribution in [0.3, 0.4) is 0 Å². The van der Waals surface area contributed by atoms with Crippen molar-refractivity contribution in [1.82, 2.24) is 10.6 Å². The zero-order chi connectivity index (χ0) is 6.95. The van der Waals surface area contributed by atoms with Gasteiger partial charge in [0.15, 0.2) is 6.19 Å². The summed E-state index contributed by atoms with van der Waals surface area (Å²) < 4.78 is 0. The average molecular weight is 128 g/mol. The third-order valence-electron chi connectivity index (χ3n) is 0.957. The average Bonchev–Trinajstić information content (AvgIpc) is 1.93. The van der Waals surface area contributed by atoms with Gasteiger partial charge in [-0.1, -0.05) is 0 Å². The van der Waals surface area contributed by atoms with E-state index in [-0.39, 0.29) is 0 Å². The number of rotatable bonds is 0. The molecule has 9 heavy (non-hydrogen) atoms. The number of nitriles is 1. The van der Waals surface area contributed by atoms with E-state index in [0.717, 1.165) is 26.2 Å². The van der Waals surface area contributed by atoms with Crippen molar-refractivity contribution in [3.63, 3.8) is 0 Å². The van der Waals surface area contributed by atoms with E-state index in [1.54, 1.807) is 0 Å². The molecule has 4 heteroatoms. The van der Waals surface area contributed by atoms with Crippen LogP contribution in [0.4, 0.5) is 0 Å². The van der Waals surface area contributed by atoms with E-state index < -0.39 is 0 Å². The van der Waals surface area contributed by atoms with Crippen LogP contribution in [-0.2, 0) is 0 Å². The fourth-order valence-electron chi connectivity index (χ4n) is 0.604. The Morgan fingerprint density at radius 2 is 1.33 bits per heavy atom. The Morgan fingerprint density at radius 3 is 1.44 bits per heavy atom. The number of hydrogen-bond acceptors (Lipinski definition) is 4. The highest BCUT2D eigenvalue weighted by molar-refractivity contribution is 4.59. The SMILES string of the molecule is C1CNCCN1.N#CN. The summed E-state index contributed by atoms with van der Waals surface area (Å²) >= 11 is 0. The van der Waals surface area contributed by atoms with E-state index >= 15 is 0 Å². The Morgan fingerprint density at radius 1 is 1.11 bits per heavy atom. The maximum Gasteiger partial charge on any atom is 0.173 e. The molecule has 0 radical (unpaired) electrons. The highest BCUT2D eigenvalue weighted by Gasteiger charge is 1.91. The van der Waals surface area contributed by atoms with Crippen LogP contribution in [0.15, 0.2) is 0 Å². The second-order valence-electron chi connectivity index (χ2n) is 1.63. The van der Waals surface area contributed by atoms with Crippen molar-refractivity contribution in [3.8, 4) is 6.19 Å². The summed E-state index contributed by atoms with van der Waals surface area (Å²) in [4.78, 5) is 0. The minimum atomic E-state index is 1.14. The second-order valence-corrected chi connectivity index (χ2v) is 1.63. The van der Waals surface area contributed by atoms with Gasteiger partial charge in [0.25, 0.3) is 0 Å². The molecule has 1 saturated heterocycles. The van der Waals surface area contributed by atoms with E-state index in [2.05, 4.69) is 16.4 Å². The molecule has 0 atom stereocenters. The maximum absolute atomic E-state index is 7.10. The smallest absolute Gasteiger partial charge is 0.173 e. The van der Waals surface area contributed by atoms with Gasteiger partial charge in [0.2, 0.25) is 0 Å². The molecule has 0 bridgehead atoms. The standard InChI is InChI=1S/C4H10N2.CH2N2/c1-2-6-4-3-5-1;2-1-3/h5-6H,1-4H2;2H2. The van der Waals surface area contributed by atoms with Gasteiger partial charge in [-0.25, -0.2) is 0 Å². The minimum absolute atomic E-state index is 1.14. The van der Waals surface area contributed by atoms with Gasteiger partial charge in [-0.15, -0.1) is 0 Å². The lowest BCUT2D eigenvalue weighted by molar-refractivity contribution is 0.534. The molecular weight excluding hydrogens is 116 g/mol. The van der Waals surface area contributed by atoms with Crippen molar-refractivity contribution < 1.29 is 0 Å².